The molecule has 0 radical (unpaired) electrons. The molecule has 2 aliphatic rings. The van der Waals surface area contributed by atoms with E-state index in [0.717, 1.165) is 43.4 Å². The molecule has 2 aromatic carbocycles. The highest BCUT2D eigenvalue weighted by Gasteiger charge is 2.42. The first-order valence-corrected chi connectivity index (χ1v) is 9.91. The monoisotopic (exact) mass is 409 g/mol. The van der Waals surface area contributed by atoms with Crippen molar-refractivity contribution in [2.24, 2.45) is 21.5 Å². The average Bonchev–Trinajstić information content (AvgIpc) is 2.73. The summed E-state index contributed by atoms with van der Waals surface area (Å²) in [5.41, 5.74) is 13.9. The molecule has 8 heteroatoms. The van der Waals surface area contributed by atoms with Crippen molar-refractivity contribution in [3.63, 3.8) is 0 Å². The summed E-state index contributed by atoms with van der Waals surface area (Å²) in [6.07, 6.45) is 4.86. The number of nitrogens with two attached hydrogens (primary N) is 2. The van der Waals surface area contributed by atoms with Crippen molar-refractivity contribution in [1.29, 1.82) is 0 Å². The van der Waals surface area contributed by atoms with E-state index in [4.69, 9.17) is 11.5 Å². The molecule has 1 heterocycles. The van der Waals surface area contributed by atoms with Gasteiger partial charge in [0.2, 0.25) is 11.9 Å². The van der Waals surface area contributed by atoms with Crippen LogP contribution in [0.2, 0.25) is 0 Å². The van der Waals surface area contributed by atoms with Crippen molar-refractivity contribution in [3.8, 4) is 11.1 Å². The summed E-state index contributed by atoms with van der Waals surface area (Å²) in [6.45, 7) is 0. The lowest BCUT2D eigenvalue weighted by molar-refractivity contribution is 0.0595. The van der Waals surface area contributed by atoms with Gasteiger partial charge in [-0.2, -0.15) is 4.99 Å². The summed E-state index contributed by atoms with van der Waals surface area (Å²) < 4.78 is 18.7. The van der Waals surface area contributed by atoms with Crippen LogP contribution in [0.3, 0.4) is 0 Å². The molecule has 0 amide bonds. The Balaban J connectivity index is 1.77. The van der Waals surface area contributed by atoms with Gasteiger partial charge in [0.05, 0.1) is 12.7 Å². The molecule has 30 heavy (non-hydrogen) atoms. The Hall–Kier alpha value is -3.42. The molecule has 1 aliphatic carbocycles. The van der Waals surface area contributed by atoms with Crippen molar-refractivity contribution in [3.05, 3.63) is 53.8 Å². The Morgan fingerprint density at radius 3 is 2.57 bits per heavy atom. The number of ether oxygens (including phenoxy) is 1. The van der Waals surface area contributed by atoms with Crippen molar-refractivity contribution >= 4 is 23.6 Å². The van der Waals surface area contributed by atoms with Crippen LogP contribution in [-0.2, 0) is 4.74 Å². The van der Waals surface area contributed by atoms with E-state index in [1.54, 1.807) is 6.07 Å². The molecule has 4 rings (SSSR count). The number of methoxy groups -OCH3 is 1. The third-order valence-corrected chi connectivity index (χ3v) is 5.66. The van der Waals surface area contributed by atoms with Gasteiger partial charge in [0.15, 0.2) is 0 Å². The smallest absolute Gasteiger partial charge is 0.340 e. The van der Waals surface area contributed by atoms with Gasteiger partial charge in [0, 0.05) is 5.69 Å². The van der Waals surface area contributed by atoms with E-state index < -0.39 is 17.4 Å². The second-order valence-corrected chi connectivity index (χ2v) is 7.56. The minimum Gasteiger partial charge on any atom is -0.465 e. The fourth-order valence-electron chi connectivity index (χ4n) is 4.29. The van der Waals surface area contributed by atoms with Crippen LogP contribution >= 0.6 is 0 Å². The number of guanidine groups is 2. The van der Waals surface area contributed by atoms with Gasteiger partial charge in [-0.05, 0) is 61.1 Å². The van der Waals surface area contributed by atoms with E-state index in [1.165, 1.54) is 19.2 Å². The predicted molar refractivity (Wildman–Crippen MR) is 115 cm³/mol. The number of carbonyl (C=O) groups excluding carboxylic acids is 1. The SMILES string of the molecule is COC(=O)c1cc(-c2cccc(N3C(N)=NC(N)=NC34CCCCC4)c2)ccc1F. The molecule has 0 aromatic heterocycles. The van der Waals surface area contributed by atoms with E-state index in [0.29, 0.717) is 11.5 Å². The van der Waals surface area contributed by atoms with E-state index in [1.807, 2.05) is 29.2 Å². The van der Waals surface area contributed by atoms with E-state index in [2.05, 4.69) is 14.7 Å². The molecule has 0 saturated heterocycles. The normalized spacial score (nSPS) is 18.0. The maximum Gasteiger partial charge on any atom is 0.340 e. The third kappa shape index (κ3) is 3.49. The van der Waals surface area contributed by atoms with Crippen LogP contribution < -0.4 is 16.4 Å². The number of carbonyl (C=O) groups is 1. The van der Waals surface area contributed by atoms with Crippen molar-refractivity contribution in [2.75, 3.05) is 12.0 Å². The molecule has 0 unspecified atom stereocenters. The molecule has 1 saturated carbocycles. The zero-order valence-corrected chi connectivity index (χ0v) is 16.8. The molecule has 1 aliphatic heterocycles. The third-order valence-electron chi connectivity index (χ3n) is 5.66. The zero-order chi connectivity index (χ0) is 21.3. The largest absolute Gasteiger partial charge is 0.465 e. The number of anilines is 1. The van der Waals surface area contributed by atoms with Gasteiger partial charge in [-0.25, -0.2) is 14.2 Å². The number of benzene rings is 2. The molecule has 7 nitrogen and oxygen atoms in total. The second-order valence-electron chi connectivity index (χ2n) is 7.56. The van der Waals surface area contributed by atoms with Gasteiger partial charge < -0.3 is 16.2 Å². The average molecular weight is 409 g/mol. The minimum atomic E-state index is -0.719. The van der Waals surface area contributed by atoms with Crippen LogP contribution in [-0.4, -0.2) is 30.7 Å². The fourth-order valence-corrected chi connectivity index (χ4v) is 4.29. The Morgan fingerprint density at radius 2 is 1.83 bits per heavy atom. The fraction of sp³-hybridized carbons (Fsp3) is 0.318. The molecular weight excluding hydrogens is 385 g/mol. The van der Waals surface area contributed by atoms with Crippen molar-refractivity contribution in [2.45, 2.75) is 37.8 Å². The van der Waals surface area contributed by atoms with E-state index >= 15 is 0 Å². The molecular formula is C22H24FN5O2. The van der Waals surface area contributed by atoms with Gasteiger partial charge in [-0.1, -0.05) is 24.6 Å². The van der Waals surface area contributed by atoms with E-state index in [-0.39, 0.29) is 11.5 Å². The summed E-state index contributed by atoms with van der Waals surface area (Å²) in [6, 6.07) is 12.0. The molecule has 1 fully saturated rings. The lowest BCUT2D eigenvalue weighted by Crippen LogP contribution is -2.58. The van der Waals surface area contributed by atoms with Crippen LogP contribution in [0.4, 0.5) is 10.1 Å². The topological polar surface area (TPSA) is 106 Å². The molecule has 4 N–H and O–H groups in total. The molecule has 1 spiro atoms. The number of rotatable bonds is 3. The van der Waals surface area contributed by atoms with Gasteiger partial charge in [-0.3, -0.25) is 4.90 Å². The molecule has 156 valence electrons. The first-order chi connectivity index (χ1) is 14.4. The first-order valence-electron chi connectivity index (χ1n) is 9.91. The summed E-state index contributed by atoms with van der Waals surface area (Å²) in [7, 11) is 1.23. The van der Waals surface area contributed by atoms with Crippen LogP contribution in [0.1, 0.15) is 42.5 Å². The summed E-state index contributed by atoms with van der Waals surface area (Å²) >= 11 is 0. The van der Waals surface area contributed by atoms with Crippen LogP contribution in [0.25, 0.3) is 11.1 Å². The highest BCUT2D eigenvalue weighted by molar-refractivity contribution is 6.06. The van der Waals surface area contributed by atoms with Crippen LogP contribution in [0.5, 0.6) is 0 Å². The Labute approximate surface area is 174 Å². The van der Waals surface area contributed by atoms with Gasteiger partial charge >= 0.3 is 5.97 Å². The van der Waals surface area contributed by atoms with Gasteiger partial charge in [0.1, 0.15) is 11.5 Å². The zero-order valence-electron chi connectivity index (χ0n) is 16.8. The van der Waals surface area contributed by atoms with Gasteiger partial charge in [-0.15, -0.1) is 0 Å². The number of halogens is 1. The maximum atomic E-state index is 14.1. The van der Waals surface area contributed by atoms with Gasteiger partial charge in [0.25, 0.3) is 0 Å². The molecule has 2 aromatic rings. The standard InChI is InChI=1S/C22H24FN5O2/c1-30-19(29)17-13-15(8-9-18(17)23)14-6-5-7-16(12-14)28-21(25)26-20(24)27-22(28)10-3-2-4-11-22/h5-9,12-13H,2-4,10-11H2,1H3,(H4,24,25,26,27). The number of aliphatic imine (C=N–C) groups is 2. The van der Waals surface area contributed by atoms with Crippen molar-refractivity contribution < 1.29 is 13.9 Å². The van der Waals surface area contributed by atoms with Crippen LogP contribution in [0, 0.1) is 5.82 Å². The highest BCUT2D eigenvalue weighted by atomic mass is 19.1. The predicted octanol–water partition coefficient (Wildman–Crippen LogP) is 3.39. The summed E-state index contributed by atoms with van der Waals surface area (Å²) in [5.74, 6) is -0.844. The summed E-state index contributed by atoms with van der Waals surface area (Å²) in [4.78, 5) is 22.7. The lowest BCUT2D eigenvalue weighted by atomic mass is 9.87. The Bertz CT molecular complexity index is 1040. The Morgan fingerprint density at radius 1 is 1.10 bits per heavy atom. The van der Waals surface area contributed by atoms with Crippen molar-refractivity contribution in [1.82, 2.24) is 0 Å². The quantitative estimate of drug-likeness (QED) is 0.756. The number of hydrogen-bond donors (Lipinski definition) is 2. The number of nitrogens with zero attached hydrogens (tertiary/aromatic N) is 3. The number of hydrogen-bond acceptors (Lipinski definition) is 7. The second kappa shape index (κ2) is 7.78. The number of esters is 1. The maximum absolute atomic E-state index is 14.1. The van der Waals surface area contributed by atoms with Crippen LogP contribution in [0.15, 0.2) is 52.4 Å². The van der Waals surface area contributed by atoms with E-state index in [9.17, 15) is 9.18 Å². The lowest BCUT2D eigenvalue weighted by Gasteiger charge is -2.45. The molecule has 0 atom stereocenters. The minimum absolute atomic E-state index is 0.111. The highest BCUT2D eigenvalue weighted by Crippen LogP contribution is 2.40. The Kier molecular flexibility index (Phi) is 5.15. The summed E-state index contributed by atoms with van der Waals surface area (Å²) in [5, 5.41) is 0. The first kappa shape index (κ1) is 19.9. The molecule has 0 bridgehead atoms.